The predicted molar refractivity (Wildman–Crippen MR) is 105 cm³/mol. The molecule has 150 valence electrons. The second-order valence-electron chi connectivity index (χ2n) is 7.15. The Labute approximate surface area is 168 Å². The lowest BCUT2D eigenvalue weighted by molar-refractivity contribution is 0.0478. The molecule has 2 heterocycles. The smallest absolute Gasteiger partial charge is 0.261 e. The largest absolute Gasteiger partial charge is 0.497 e. The van der Waals surface area contributed by atoms with Gasteiger partial charge in [0.1, 0.15) is 11.5 Å². The third kappa shape index (κ3) is 3.33. The molecular formula is C22H22N2O5. The van der Waals surface area contributed by atoms with Crippen LogP contribution in [0.2, 0.25) is 0 Å². The first-order valence-corrected chi connectivity index (χ1v) is 9.52. The van der Waals surface area contributed by atoms with Crippen LogP contribution >= 0.6 is 0 Å². The van der Waals surface area contributed by atoms with Crippen molar-refractivity contribution in [2.75, 3.05) is 27.3 Å². The predicted octanol–water partition coefficient (Wildman–Crippen LogP) is 2.60. The van der Waals surface area contributed by atoms with Gasteiger partial charge in [-0.3, -0.25) is 19.3 Å². The third-order valence-corrected chi connectivity index (χ3v) is 5.54. The zero-order chi connectivity index (χ0) is 20.5. The summed E-state index contributed by atoms with van der Waals surface area (Å²) in [5.41, 5.74) is 1.40. The monoisotopic (exact) mass is 394 g/mol. The Kier molecular flexibility index (Phi) is 4.96. The summed E-state index contributed by atoms with van der Waals surface area (Å²) in [7, 11) is 3.08. The van der Waals surface area contributed by atoms with Crippen LogP contribution in [0.1, 0.15) is 43.9 Å². The number of benzene rings is 2. The Morgan fingerprint density at radius 1 is 0.897 bits per heavy atom. The van der Waals surface area contributed by atoms with Crippen LogP contribution in [0.4, 0.5) is 0 Å². The van der Waals surface area contributed by atoms with Gasteiger partial charge in [0.15, 0.2) is 0 Å². The number of imide groups is 1. The highest BCUT2D eigenvalue weighted by molar-refractivity contribution is 6.21. The lowest BCUT2D eigenvalue weighted by Gasteiger charge is -2.35. The molecule has 2 aliphatic heterocycles. The number of likely N-dealkylation sites (tertiary alicyclic amines) is 1. The number of nitrogens with zero attached hydrogens (tertiary/aromatic N) is 2. The topological polar surface area (TPSA) is 76.2 Å². The van der Waals surface area contributed by atoms with Gasteiger partial charge in [-0.1, -0.05) is 12.1 Å². The second kappa shape index (κ2) is 7.58. The Balaban J connectivity index is 1.46. The van der Waals surface area contributed by atoms with Crippen molar-refractivity contribution >= 4 is 17.7 Å². The summed E-state index contributed by atoms with van der Waals surface area (Å²) in [6.07, 6.45) is 1.11. The first kappa shape index (κ1) is 19.0. The van der Waals surface area contributed by atoms with E-state index in [4.69, 9.17) is 9.47 Å². The minimum atomic E-state index is -0.243. The van der Waals surface area contributed by atoms with Gasteiger partial charge >= 0.3 is 0 Å². The van der Waals surface area contributed by atoms with Gasteiger partial charge in [-0.15, -0.1) is 0 Å². The van der Waals surface area contributed by atoms with Crippen LogP contribution in [0.15, 0.2) is 42.5 Å². The van der Waals surface area contributed by atoms with Crippen molar-refractivity contribution < 1.29 is 23.9 Å². The Bertz CT molecular complexity index is 922. The average Bonchev–Trinajstić information content (AvgIpc) is 3.03. The average molecular weight is 394 g/mol. The molecule has 0 bridgehead atoms. The van der Waals surface area contributed by atoms with Crippen molar-refractivity contribution in [3.63, 3.8) is 0 Å². The Hall–Kier alpha value is -3.35. The van der Waals surface area contributed by atoms with Crippen LogP contribution in [-0.4, -0.2) is 60.9 Å². The fourth-order valence-corrected chi connectivity index (χ4v) is 3.98. The van der Waals surface area contributed by atoms with Gasteiger partial charge < -0.3 is 14.4 Å². The second-order valence-corrected chi connectivity index (χ2v) is 7.15. The number of rotatable bonds is 4. The maximum absolute atomic E-state index is 12.9. The highest BCUT2D eigenvalue weighted by Crippen LogP contribution is 2.29. The number of piperidine rings is 1. The summed E-state index contributed by atoms with van der Waals surface area (Å²) in [4.78, 5) is 41.4. The van der Waals surface area contributed by atoms with Crippen LogP contribution in [0.5, 0.6) is 11.5 Å². The molecule has 2 aromatic carbocycles. The molecule has 0 aliphatic carbocycles. The van der Waals surface area contributed by atoms with E-state index in [1.54, 1.807) is 47.4 Å². The number of fused-ring (bicyclic) bond motifs is 1. The lowest BCUT2D eigenvalue weighted by Crippen LogP contribution is -2.48. The van der Waals surface area contributed by atoms with Crippen LogP contribution in [0.25, 0.3) is 0 Å². The van der Waals surface area contributed by atoms with E-state index in [0.29, 0.717) is 54.1 Å². The van der Waals surface area contributed by atoms with E-state index < -0.39 is 0 Å². The number of carbonyl (C=O) groups excluding carboxylic acids is 3. The number of carbonyl (C=O) groups is 3. The van der Waals surface area contributed by atoms with Gasteiger partial charge in [-0.05, 0) is 37.1 Å². The van der Waals surface area contributed by atoms with Gasteiger partial charge in [-0.25, -0.2) is 0 Å². The Morgan fingerprint density at radius 2 is 1.41 bits per heavy atom. The maximum atomic E-state index is 12.9. The molecule has 7 heteroatoms. The number of ether oxygens (including phenoxy) is 2. The molecule has 0 saturated carbocycles. The molecular weight excluding hydrogens is 372 g/mol. The molecule has 29 heavy (non-hydrogen) atoms. The van der Waals surface area contributed by atoms with Crippen LogP contribution in [0.3, 0.4) is 0 Å². The van der Waals surface area contributed by atoms with Crippen molar-refractivity contribution in [2.24, 2.45) is 0 Å². The summed E-state index contributed by atoms with van der Waals surface area (Å²) < 4.78 is 10.5. The number of hydrogen-bond donors (Lipinski definition) is 0. The number of methoxy groups -OCH3 is 2. The van der Waals surface area contributed by atoms with Crippen molar-refractivity contribution in [1.82, 2.24) is 9.80 Å². The van der Waals surface area contributed by atoms with Crippen LogP contribution in [0, 0.1) is 0 Å². The van der Waals surface area contributed by atoms with E-state index in [1.807, 2.05) is 0 Å². The molecule has 0 unspecified atom stereocenters. The molecule has 0 N–H and O–H groups in total. The van der Waals surface area contributed by atoms with E-state index in [2.05, 4.69) is 0 Å². The van der Waals surface area contributed by atoms with E-state index >= 15 is 0 Å². The highest BCUT2D eigenvalue weighted by atomic mass is 16.5. The van der Waals surface area contributed by atoms with Crippen molar-refractivity contribution in [3.05, 3.63) is 59.2 Å². The zero-order valence-electron chi connectivity index (χ0n) is 16.4. The molecule has 1 fully saturated rings. The zero-order valence-corrected chi connectivity index (χ0v) is 16.4. The number of amides is 3. The quantitative estimate of drug-likeness (QED) is 0.745. The summed E-state index contributed by atoms with van der Waals surface area (Å²) in [5.74, 6) is 0.492. The molecule has 3 amide bonds. The molecule has 0 radical (unpaired) electrons. The van der Waals surface area contributed by atoms with Gasteiger partial charge in [-0.2, -0.15) is 0 Å². The van der Waals surface area contributed by atoms with Gasteiger partial charge in [0, 0.05) is 30.8 Å². The third-order valence-electron chi connectivity index (χ3n) is 5.54. The molecule has 2 aliphatic rings. The summed E-state index contributed by atoms with van der Waals surface area (Å²) in [6, 6.07) is 11.8. The van der Waals surface area contributed by atoms with E-state index in [0.717, 1.165) is 0 Å². The molecule has 2 aromatic rings. The normalized spacial score (nSPS) is 16.8. The van der Waals surface area contributed by atoms with Gasteiger partial charge in [0.25, 0.3) is 17.7 Å². The Morgan fingerprint density at radius 3 is 1.90 bits per heavy atom. The molecule has 0 aromatic heterocycles. The highest BCUT2D eigenvalue weighted by Gasteiger charge is 2.41. The van der Waals surface area contributed by atoms with Crippen molar-refractivity contribution in [3.8, 4) is 11.5 Å². The minimum absolute atomic E-state index is 0.122. The standard InChI is InChI=1S/C22H22N2O5/c1-28-16-11-14(12-17(13-16)29-2)20(25)23-9-7-15(8-10-23)24-21(26)18-5-3-4-6-19(18)22(24)27/h3-6,11-13,15H,7-10H2,1-2H3. The molecule has 1 saturated heterocycles. The fraction of sp³-hybridized carbons (Fsp3) is 0.318. The van der Waals surface area contributed by atoms with Crippen LogP contribution in [-0.2, 0) is 0 Å². The van der Waals surface area contributed by atoms with Crippen molar-refractivity contribution in [1.29, 1.82) is 0 Å². The first-order valence-electron chi connectivity index (χ1n) is 9.52. The fourth-order valence-electron chi connectivity index (χ4n) is 3.98. The summed E-state index contributed by atoms with van der Waals surface area (Å²) in [6.45, 7) is 0.937. The molecule has 4 rings (SSSR count). The van der Waals surface area contributed by atoms with E-state index in [1.165, 1.54) is 19.1 Å². The first-order chi connectivity index (χ1) is 14.0. The van der Waals surface area contributed by atoms with Crippen LogP contribution < -0.4 is 9.47 Å². The summed E-state index contributed by atoms with van der Waals surface area (Å²) in [5, 5.41) is 0. The van der Waals surface area contributed by atoms with Crippen molar-refractivity contribution in [2.45, 2.75) is 18.9 Å². The molecule has 0 atom stereocenters. The van der Waals surface area contributed by atoms with E-state index in [9.17, 15) is 14.4 Å². The minimum Gasteiger partial charge on any atom is -0.497 e. The van der Waals surface area contributed by atoms with Gasteiger partial charge in [0.05, 0.1) is 25.3 Å². The SMILES string of the molecule is COc1cc(OC)cc(C(=O)N2CCC(N3C(=O)c4ccccc4C3=O)CC2)c1. The lowest BCUT2D eigenvalue weighted by atomic mass is 10.0. The maximum Gasteiger partial charge on any atom is 0.261 e. The van der Waals surface area contributed by atoms with Gasteiger partial charge in [0.2, 0.25) is 0 Å². The summed E-state index contributed by atoms with van der Waals surface area (Å²) >= 11 is 0. The molecule has 7 nitrogen and oxygen atoms in total. The molecule has 0 spiro atoms. The number of hydrogen-bond acceptors (Lipinski definition) is 5. The van der Waals surface area contributed by atoms with E-state index in [-0.39, 0.29) is 23.8 Å².